The zero-order chi connectivity index (χ0) is 14.6. The van der Waals surface area contributed by atoms with Gasteiger partial charge in [0, 0.05) is 31.8 Å². The Morgan fingerprint density at radius 2 is 1.71 bits per heavy atom. The van der Waals surface area contributed by atoms with Crippen molar-refractivity contribution in [3.05, 3.63) is 0 Å². The number of piperidine rings is 1. The number of likely N-dealkylation sites (tertiary alicyclic amines) is 1. The van der Waals surface area contributed by atoms with Crippen molar-refractivity contribution in [1.82, 2.24) is 15.1 Å². The molecule has 0 aromatic carbocycles. The summed E-state index contributed by atoms with van der Waals surface area (Å²) in [6.07, 6.45) is 10.2. The normalized spacial score (nSPS) is 34.0. The van der Waals surface area contributed by atoms with Gasteiger partial charge in [-0.1, -0.05) is 6.92 Å². The number of nitrogens with one attached hydrogen (secondary N) is 1. The molecule has 1 spiro atoms. The van der Waals surface area contributed by atoms with Crippen LogP contribution in [-0.4, -0.2) is 54.7 Å². The second kappa shape index (κ2) is 4.94. The summed E-state index contributed by atoms with van der Waals surface area (Å²) in [7, 11) is 0. The van der Waals surface area contributed by atoms with E-state index >= 15 is 0 Å². The number of nitrogens with zero attached hydrogens (tertiary/aromatic N) is 2. The minimum atomic E-state index is 0.507. The molecule has 21 heavy (non-hydrogen) atoms. The zero-order valence-electron chi connectivity index (χ0n) is 14.1. The van der Waals surface area contributed by atoms with Gasteiger partial charge in [0.15, 0.2) is 0 Å². The van der Waals surface area contributed by atoms with Crippen molar-refractivity contribution in [2.24, 2.45) is 10.8 Å². The zero-order valence-corrected chi connectivity index (χ0v) is 14.1. The first-order chi connectivity index (χ1) is 10.1. The first-order valence-electron chi connectivity index (χ1n) is 9.25. The first-order valence-corrected chi connectivity index (χ1v) is 9.25. The molecule has 0 amide bonds. The van der Waals surface area contributed by atoms with Crippen LogP contribution in [0.15, 0.2) is 0 Å². The van der Waals surface area contributed by atoms with E-state index in [2.05, 4.69) is 29.0 Å². The molecule has 2 heterocycles. The highest BCUT2D eigenvalue weighted by Gasteiger charge is 2.55. The van der Waals surface area contributed by atoms with Crippen molar-refractivity contribution in [2.45, 2.75) is 64.3 Å². The third-order valence-corrected chi connectivity index (χ3v) is 7.32. The van der Waals surface area contributed by atoms with Crippen LogP contribution in [0.25, 0.3) is 0 Å². The predicted molar refractivity (Wildman–Crippen MR) is 87.3 cm³/mol. The standard InChI is InChI=1S/C18H33N3/c1-3-17(4-5-17)14-20-9-6-18(7-10-20)12-16(2,13-18)21-11-8-19-15-21/h19H,3-15H2,1-2H3. The van der Waals surface area contributed by atoms with Gasteiger partial charge in [-0.3, -0.25) is 4.90 Å². The van der Waals surface area contributed by atoms with Crippen molar-refractivity contribution in [2.75, 3.05) is 39.4 Å². The largest absolute Gasteiger partial charge is 0.303 e. The molecular weight excluding hydrogens is 258 g/mol. The molecule has 120 valence electrons. The molecule has 3 nitrogen and oxygen atoms in total. The van der Waals surface area contributed by atoms with Crippen LogP contribution in [0.5, 0.6) is 0 Å². The Balaban J connectivity index is 1.28. The third-order valence-electron chi connectivity index (χ3n) is 7.32. The summed E-state index contributed by atoms with van der Waals surface area (Å²) in [4.78, 5) is 5.48. The van der Waals surface area contributed by atoms with Crippen LogP contribution in [0, 0.1) is 10.8 Å². The molecule has 4 rings (SSSR count). The molecule has 1 N–H and O–H groups in total. The molecule has 2 aliphatic carbocycles. The Hall–Kier alpha value is -0.120. The number of rotatable bonds is 4. The lowest BCUT2D eigenvalue weighted by molar-refractivity contribution is -0.0964. The summed E-state index contributed by atoms with van der Waals surface area (Å²) >= 11 is 0. The topological polar surface area (TPSA) is 18.5 Å². The van der Waals surface area contributed by atoms with Crippen LogP contribution in [0.3, 0.4) is 0 Å². The molecule has 2 aliphatic heterocycles. The van der Waals surface area contributed by atoms with Crippen LogP contribution >= 0.6 is 0 Å². The van der Waals surface area contributed by atoms with Gasteiger partial charge in [-0.25, -0.2) is 0 Å². The quantitative estimate of drug-likeness (QED) is 0.859. The maximum absolute atomic E-state index is 3.50. The van der Waals surface area contributed by atoms with Crippen molar-refractivity contribution < 1.29 is 0 Å². The minimum Gasteiger partial charge on any atom is -0.303 e. The molecule has 0 bridgehead atoms. The lowest BCUT2D eigenvalue weighted by Crippen LogP contribution is -2.62. The van der Waals surface area contributed by atoms with E-state index in [1.807, 2.05) is 0 Å². The highest BCUT2D eigenvalue weighted by atomic mass is 15.3. The second-order valence-electron chi connectivity index (χ2n) is 8.90. The smallest absolute Gasteiger partial charge is 0.0486 e. The summed E-state index contributed by atoms with van der Waals surface area (Å²) in [5.74, 6) is 0. The highest BCUT2D eigenvalue weighted by Crippen LogP contribution is 2.57. The molecule has 0 atom stereocenters. The number of hydrogen-bond donors (Lipinski definition) is 1. The molecule has 4 fully saturated rings. The molecule has 0 aromatic heterocycles. The molecule has 2 saturated carbocycles. The Morgan fingerprint density at radius 3 is 2.24 bits per heavy atom. The van der Waals surface area contributed by atoms with Crippen LogP contribution in [0.4, 0.5) is 0 Å². The Bertz CT molecular complexity index is 379. The SMILES string of the molecule is CCC1(CN2CCC3(CC2)CC(C)(N2CCNC2)C3)CC1. The maximum Gasteiger partial charge on any atom is 0.0486 e. The van der Waals surface area contributed by atoms with Gasteiger partial charge in [-0.05, 0) is 75.8 Å². The van der Waals surface area contributed by atoms with Gasteiger partial charge in [-0.2, -0.15) is 0 Å². The van der Waals surface area contributed by atoms with Gasteiger partial charge in [0.2, 0.25) is 0 Å². The van der Waals surface area contributed by atoms with E-state index in [-0.39, 0.29) is 0 Å². The molecule has 3 heteroatoms. The van der Waals surface area contributed by atoms with Crippen LogP contribution in [0.2, 0.25) is 0 Å². The van der Waals surface area contributed by atoms with Gasteiger partial charge in [0.1, 0.15) is 0 Å². The van der Waals surface area contributed by atoms with Gasteiger partial charge in [-0.15, -0.1) is 0 Å². The van der Waals surface area contributed by atoms with Gasteiger partial charge >= 0.3 is 0 Å². The molecule has 2 saturated heterocycles. The van der Waals surface area contributed by atoms with Crippen molar-refractivity contribution >= 4 is 0 Å². The average Bonchev–Trinajstić information content (AvgIpc) is 3.00. The minimum absolute atomic E-state index is 0.507. The summed E-state index contributed by atoms with van der Waals surface area (Å²) in [6.45, 7) is 12.6. The second-order valence-corrected chi connectivity index (χ2v) is 8.90. The predicted octanol–water partition coefficient (Wildman–Crippen LogP) is 2.67. The first kappa shape index (κ1) is 14.5. The molecule has 0 radical (unpaired) electrons. The van der Waals surface area contributed by atoms with Gasteiger partial charge in [0.05, 0.1) is 0 Å². The van der Waals surface area contributed by atoms with Crippen molar-refractivity contribution in [1.29, 1.82) is 0 Å². The van der Waals surface area contributed by atoms with Gasteiger partial charge < -0.3 is 10.2 Å². The summed E-state index contributed by atoms with van der Waals surface area (Å²) < 4.78 is 0. The molecule has 0 aromatic rings. The number of hydrogen-bond acceptors (Lipinski definition) is 3. The third kappa shape index (κ3) is 2.55. The fraction of sp³-hybridized carbons (Fsp3) is 1.00. The van der Waals surface area contributed by atoms with E-state index in [1.165, 1.54) is 77.7 Å². The summed E-state index contributed by atoms with van der Waals surface area (Å²) in [5.41, 5.74) is 1.95. The molecule has 4 aliphatic rings. The molecule has 0 unspecified atom stereocenters. The van der Waals surface area contributed by atoms with Crippen molar-refractivity contribution in [3.63, 3.8) is 0 Å². The van der Waals surface area contributed by atoms with E-state index in [4.69, 9.17) is 0 Å². The lowest BCUT2D eigenvalue weighted by atomic mass is 9.53. The summed E-state index contributed by atoms with van der Waals surface area (Å²) in [5, 5.41) is 3.50. The van der Waals surface area contributed by atoms with E-state index in [9.17, 15) is 0 Å². The fourth-order valence-electron chi connectivity index (χ4n) is 5.57. The van der Waals surface area contributed by atoms with Crippen molar-refractivity contribution in [3.8, 4) is 0 Å². The molecular formula is C18H33N3. The monoisotopic (exact) mass is 291 g/mol. The fourth-order valence-corrected chi connectivity index (χ4v) is 5.57. The van der Waals surface area contributed by atoms with E-state index in [0.29, 0.717) is 11.0 Å². The van der Waals surface area contributed by atoms with Crippen LogP contribution in [-0.2, 0) is 0 Å². The van der Waals surface area contributed by atoms with E-state index < -0.39 is 0 Å². The average molecular weight is 291 g/mol. The van der Waals surface area contributed by atoms with E-state index in [1.54, 1.807) is 0 Å². The maximum atomic E-state index is 3.50. The Labute approximate surface area is 130 Å². The van der Waals surface area contributed by atoms with Crippen LogP contribution in [0.1, 0.15) is 58.8 Å². The Morgan fingerprint density at radius 1 is 1.00 bits per heavy atom. The Kier molecular flexibility index (Phi) is 3.40. The summed E-state index contributed by atoms with van der Waals surface area (Å²) in [6, 6.07) is 0. The van der Waals surface area contributed by atoms with Crippen LogP contribution < -0.4 is 5.32 Å². The van der Waals surface area contributed by atoms with Gasteiger partial charge in [0.25, 0.3) is 0 Å². The highest BCUT2D eigenvalue weighted by molar-refractivity contribution is 5.10. The van der Waals surface area contributed by atoms with E-state index in [0.717, 1.165) is 12.1 Å². The lowest BCUT2D eigenvalue weighted by Gasteiger charge is -2.61.